The van der Waals surface area contributed by atoms with E-state index in [1.165, 1.54) is 12.1 Å². The Labute approximate surface area is 177 Å². The molecule has 1 aromatic carbocycles. The van der Waals surface area contributed by atoms with E-state index in [-0.39, 0.29) is 18.1 Å². The van der Waals surface area contributed by atoms with E-state index in [0.29, 0.717) is 24.3 Å². The normalized spacial score (nSPS) is 17.8. The molecule has 1 saturated heterocycles. The Bertz CT molecular complexity index is 654. The van der Waals surface area contributed by atoms with Gasteiger partial charge >= 0.3 is 13.1 Å². The van der Waals surface area contributed by atoms with Gasteiger partial charge in [-0.25, -0.2) is 4.39 Å². The number of nitrogens with zero attached hydrogens (tertiary/aromatic N) is 1. The van der Waals surface area contributed by atoms with Gasteiger partial charge in [0.05, 0.1) is 0 Å². The summed E-state index contributed by atoms with van der Waals surface area (Å²) in [6.07, 6.45) is 4.70. The lowest BCUT2D eigenvalue weighted by molar-refractivity contribution is -0.147. The van der Waals surface area contributed by atoms with Crippen molar-refractivity contribution in [3.05, 3.63) is 34.6 Å². The predicted octanol–water partition coefficient (Wildman–Crippen LogP) is 2.55. The van der Waals surface area contributed by atoms with Crippen molar-refractivity contribution in [2.75, 3.05) is 19.6 Å². The van der Waals surface area contributed by atoms with Gasteiger partial charge in [-0.05, 0) is 87.7 Å². The molecule has 2 rings (SSSR count). The summed E-state index contributed by atoms with van der Waals surface area (Å²) in [6.45, 7) is 2.44. The van der Waals surface area contributed by atoms with Crippen LogP contribution < -0.4 is 5.73 Å². The number of aliphatic carboxylic acids is 1. The van der Waals surface area contributed by atoms with Crippen LogP contribution in [0.4, 0.5) is 4.39 Å². The minimum Gasteiger partial charge on any atom is -0.480 e. The monoisotopic (exact) mass is 428 g/mol. The van der Waals surface area contributed by atoms with Crippen molar-refractivity contribution in [1.29, 1.82) is 0 Å². The summed E-state index contributed by atoms with van der Waals surface area (Å²) in [7, 11) is -1.36. The van der Waals surface area contributed by atoms with Crippen molar-refractivity contribution >= 4 is 24.7 Å². The highest BCUT2D eigenvalue weighted by Gasteiger charge is 2.42. The van der Waals surface area contributed by atoms with Crippen LogP contribution in [-0.4, -0.2) is 58.3 Å². The van der Waals surface area contributed by atoms with Gasteiger partial charge in [0.15, 0.2) is 0 Å². The maximum absolute atomic E-state index is 13.4. The van der Waals surface area contributed by atoms with Gasteiger partial charge in [-0.2, -0.15) is 0 Å². The summed E-state index contributed by atoms with van der Waals surface area (Å²) >= 11 is 5.89. The zero-order valence-corrected chi connectivity index (χ0v) is 17.5. The van der Waals surface area contributed by atoms with Crippen LogP contribution in [0.2, 0.25) is 11.3 Å². The smallest absolute Gasteiger partial charge is 0.451 e. The zero-order valence-electron chi connectivity index (χ0n) is 16.7. The van der Waals surface area contributed by atoms with Crippen LogP contribution in [0.3, 0.4) is 0 Å². The Morgan fingerprint density at radius 1 is 1.24 bits per heavy atom. The number of carboxylic acid groups (broad SMARTS) is 1. The molecule has 5 N–H and O–H groups in total. The summed E-state index contributed by atoms with van der Waals surface area (Å²) in [5.41, 5.74) is 5.90. The third kappa shape index (κ3) is 7.53. The second-order valence-corrected chi connectivity index (χ2v) is 8.51. The van der Waals surface area contributed by atoms with Crippen molar-refractivity contribution < 1.29 is 24.3 Å². The largest absolute Gasteiger partial charge is 0.480 e. The molecule has 1 fully saturated rings. The minimum absolute atomic E-state index is 0.0997. The van der Waals surface area contributed by atoms with Crippen LogP contribution in [0.5, 0.6) is 0 Å². The van der Waals surface area contributed by atoms with E-state index in [4.69, 9.17) is 27.4 Å². The number of unbranched alkanes of at least 4 members (excludes halogenated alkanes) is 1. The van der Waals surface area contributed by atoms with Gasteiger partial charge in [0.2, 0.25) is 0 Å². The summed E-state index contributed by atoms with van der Waals surface area (Å²) < 4.78 is 13.4. The maximum atomic E-state index is 13.4. The average Bonchev–Trinajstić information content (AvgIpc) is 2.64. The molecule has 0 saturated carbocycles. The van der Waals surface area contributed by atoms with Gasteiger partial charge in [-0.1, -0.05) is 24.4 Å². The van der Waals surface area contributed by atoms with Gasteiger partial charge in [-0.15, -0.1) is 0 Å². The average molecular weight is 429 g/mol. The number of carbonyl (C=O) groups is 1. The molecule has 0 radical (unpaired) electrons. The van der Waals surface area contributed by atoms with Crippen LogP contribution >= 0.6 is 11.6 Å². The molecule has 0 bridgehead atoms. The number of nitrogens with two attached hydrogens (primary N) is 1. The Balaban J connectivity index is 1.77. The molecular formula is C20H31BClFN2O4. The molecule has 9 heteroatoms. The van der Waals surface area contributed by atoms with Crippen LogP contribution in [0.1, 0.15) is 44.1 Å². The molecular weight excluding hydrogens is 397 g/mol. The number of hydrogen-bond donors (Lipinski definition) is 4. The SMILES string of the molecule is NC(CCCCB(O)O)(C(=O)O)C1CCN(CCCc2cc(F)cc(Cl)c2)CC1. The topological polar surface area (TPSA) is 107 Å². The molecule has 0 aliphatic carbocycles. The van der Waals surface area contributed by atoms with Crippen molar-refractivity contribution in [2.45, 2.75) is 56.8 Å². The summed E-state index contributed by atoms with van der Waals surface area (Å²) in [5.74, 6) is -1.41. The summed E-state index contributed by atoms with van der Waals surface area (Å²) in [6, 6.07) is 4.58. The molecule has 0 spiro atoms. The van der Waals surface area contributed by atoms with Gasteiger partial charge in [0.1, 0.15) is 11.4 Å². The Hall–Kier alpha value is -1.19. The van der Waals surface area contributed by atoms with Crippen molar-refractivity contribution in [2.24, 2.45) is 11.7 Å². The maximum Gasteiger partial charge on any atom is 0.451 e. The number of rotatable bonds is 11. The third-order valence-electron chi connectivity index (χ3n) is 5.88. The van der Waals surface area contributed by atoms with E-state index in [1.807, 2.05) is 0 Å². The van der Waals surface area contributed by atoms with Crippen LogP contribution in [0.25, 0.3) is 0 Å². The first-order valence-electron chi connectivity index (χ1n) is 10.3. The third-order valence-corrected chi connectivity index (χ3v) is 6.10. The Kier molecular flexibility index (Phi) is 9.36. The fraction of sp³-hybridized carbons (Fsp3) is 0.650. The molecule has 1 atom stereocenters. The highest BCUT2D eigenvalue weighted by Crippen LogP contribution is 2.31. The van der Waals surface area contributed by atoms with Crippen LogP contribution in [0, 0.1) is 11.7 Å². The van der Waals surface area contributed by atoms with E-state index in [2.05, 4.69) is 4.90 Å². The number of carboxylic acids is 1. The number of hydrogen-bond acceptors (Lipinski definition) is 5. The lowest BCUT2D eigenvalue weighted by Crippen LogP contribution is -2.57. The second-order valence-electron chi connectivity index (χ2n) is 8.07. The first kappa shape index (κ1) is 24.1. The molecule has 162 valence electrons. The standard InChI is InChI=1S/C20H31BClFN2O4/c22-17-12-15(13-18(23)14-17)4-3-9-25-10-5-16(6-11-25)20(24,19(26)27)7-1-2-8-21(28)29/h12-14,16,28-29H,1-11,24H2,(H,26,27). The van der Waals surface area contributed by atoms with Crippen LogP contribution in [0.15, 0.2) is 18.2 Å². The second kappa shape index (κ2) is 11.3. The molecule has 0 amide bonds. The van der Waals surface area contributed by atoms with Crippen molar-refractivity contribution in [1.82, 2.24) is 4.90 Å². The van der Waals surface area contributed by atoms with E-state index in [0.717, 1.165) is 50.9 Å². The lowest BCUT2D eigenvalue weighted by Gasteiger charge is -2.40. The number of likely N-dealkylation sites (tertiary alicyclic amines) is 1. The van der Waals surface area contributed by atoms with Gasteiger partial charge in [0, 0.05) is 5.02 Å². The number of halogens is 2. The summed E-state index contributed by atoms with van der Waals surface area (Å²) in [5, 5.41) is 27.9. The first-order chi connectivity index (χ1) is 13.7. The number of aryl methyl sites for hydroxylation is 1. The lowest BCUT2D eigenvalue weighted by atomic mass is 9.74. The van der Waals surface area contributed by atoms with E-state index in [1.54, 1.807) is 6.07 Å². The van der Waals surface area contributed by atoms with E-state index in [9.17, 15) is 14.3 Å². The van der Waals surface area contributed by atoms with E-state index >= 15 is 0 Å². The van der Waals surface area contributed by atoms with Gasteiger partial charge in [0.25, 0.3) is 0 Å². The van der Waals surface area contributed by atoms with Crippen molar-refractivity contribution in [3.8, 4) is 0 Å². The van der Waals surface area contributed by atoms with Gasteiger partial charge < -0.3 is 25.8 Å². The fourth-order valence-corrected chi connectivity index (χ4v) is 4.41. The zero-order chi connectivity index (χ0) is 21.4. The van der Waals surface area contributed by atoms with Crippen LogP contribution in [-0.2, 0) is 11.2 Å². The highest BCUT2D eigenvalue weighted by molar-refractivity contribution is 6.40. The highest BCUT2D eigenvalue weighted by atomic mass is 35.5. The number of benzene rings is 1. The molecule has 1 aliphatic heterocycles. The molecule has 1 aromatic rings. The quantitative estimate of drug-likeness (QED) is 0.319. The Morgan fingerprint density at radius 3 is 2.52 bits per heavy atom. The van der Waals surface area contributed by atoms with Gasteiger partial charge in [-0.3, -0.25) is 4.79 Å². The predicted molar refractivity (Wildman–Crippen MR) is 112 cm³/mol. The fourth-order valence-electron chi connectivity index (χ4n) is 4.16. The molecule has 0 aromatic heterocycles. The van der Waals surface area contributed by atoms with Crippen molar-refractivity contribution in [3.63, 3.8) is 0 Å². The molecule has 1 heterocycles. The summed E-state index contributed by atoms with van der Waals surface area (Å²) in [4.78, 5) is 14.1. The molecule has 29 heavy (non-hydrogen) atoms. The molecule has 1 unspecified atom stereocenters. The van der Waals surface area contributed by atoms with E-state index < -0.39 is 18.6 Å². The first-order valence-corrected chi connectivity index (χ1v) is 10.6. The molecule has 6 nitrogen and oxygen atoms in total. The minimum atomic E-state index is -1.36. The number of piperidine rings is 1. The molecule has 1 aliphatic rings. The Morgan fingerprint density at radius 2 is 1.93 bits per heavy atom.